The van der Waals surface area contributed by atoms with Crippen LogP contribution in [0.5, 0.6) is 0 Å². The highest BCUT2D eigenvalue weighted by molar-refractivity contribution is 9.10. The zero-order valence-electron chi connectivity index (χ0n) is 11.1. The summed E-state index contributed by atoms with van der Waals surface area (Å²) in [6.45, 7) is 0.00910. The number of nitrogens with two attached hydrogens (primary N) is 1. The molecule has 0 spiro atoms. The second-order valence-corrected chi connectivity index (χ2v) is 7.49. The highest BCUT2D eigenvalue weighted by atomic mass is 79.9. The molecule has 0 aliphatic carbocycles. The van der Waals surface area contributed by atoms with Gasteiger partial charge >= 0.3 is 6.18 Å². The van der Waals surface area contributed by atoms with Gasteiger partial charge in [-0.05, 0) is 28.1 Å². The minimum atomic E-state index is -4.56. The maximum atomic E-state index is 12.9. The number of halogens is 4. The number of sulfonamides is 1. The first kappa shape index (κ1) is 17.2. The van der Waals surface area contributed by atoms with Crippen LogP contribution in [0.2, 0.25) is 0 Å². The van der Waals surface area contributed by atoms with Crippen molar-refractivity contribution in [3.63, 3.8) is 0 Å². The molecule has 1 saturated heterocycles. The van der Waals surface area contributed by atoms with E-state index in [2.05, 4.69) is 15.9 Å². The summed E-state index contributed by atoms with van der Waals surface area (Å²) in [6.07, 6.45) is -4.63. The fourth-order valence-electron chi connectivity index (χ4n) is 2.40. The van der Waals surface area contributed by atoms with Crippen molar-refractivity contribution < 1.29 is 26.4 Å². The molecular formula is C12H12BrF3N2O3S. The van der Waals surface area contributed by atoms with Crippen molar-refractivity contribution in [1.82, 2.24) is 0 Å². The molecule has 10 heteroatoms. The lowest BCUT2D eigenvalue weighted by Crippen LogP contribution is -2.28. The first-order valence-electron chi connectivity index (χ1n) is 6.15. The van der Waals surface area contributed by atoms with Gasteiger partial charge in [-0.3, -0.25) is 4.79 Å². The number of carbonyl (C=O) groups is 1. The van der Waals surface area contributed by atoms with Gasteiger partial charge in [0.05, 0.1) is 21.5 Å². The van der Waals surface area contributed by atoms with E-state index in [1.54, 1.807) is 0 Å². The second-order valence-electron chi connectivity index (χ2n) is 5.04. The molecule has 2 rings (SSSR count). The predicted molar refractivity (Wildman–Crippen MR) is 77.6 cm³/mol. The van der Waals surface area contributed by atoms with Crippen molar-refractivity contribution in [3.05, 3.63) is 28.2 Å². The first-order chi connectivity index (χ1) is 9.99. The minimum absolute atomic E-state index is 0.00910. The van der Waals surface area contributed by atoms with Gasteiger partial charge < -0.3 is 4.90 Å². The Bertz CT molecular complexity index is 706. The van der Waals surface area contributed by atoms with Crippen molar-refractivity contribution in [2.45, 2.75) is 12.6 Å². The third-order valence-electron chi connectivity index (χ3n) is 3.25. The average Bonchev–Trinajstić information content (AvgIpc) is 2.66. The average molecular weight is 401 g/mol. The van der Waals surface area contributed by atoms with E-state index in [0.29, 0.717) is 0 Å². The molecular weight excluding hydrogens is 389 g/mol. The molecule has 1 amide bonds. The van der Waals surface area contributed by atoms with Gasteiger partial charge in [0, 0.05) is 18.9 Å². The highest BCUT2D eigenvalue weighted by Crippen LogP contribution is 2.41. The van der Waals surface area contributed by atoms with Crippen molar-refractivity contribution in [1.29, 1.82) is 0 Å². The van der Waals surface area contributed by atoms with Crippen LogP contribution in [0, 0.1) is 5.92 Å². The van der Waals surface area contributed by atoms with E-state index in [4.69, 9.17) is 5.14 Å². The minimum Gasteiger partial charge on any atom is -0.311 e. The van der Waals surface area contributed by atoms with Crippen molar-refractivity contribution in [2.24, 2.45) is 11.1 Å². The quantitative estimate of drug-likeness (QED) is 0.843. The summed E-state index contributed by atoms with van der Waals surface area (Å²) < 4.78 is 60.6. The zero-order chi connectivity index (χ0) is 16.7. The third kappa shape index (κ3) is 3.79. The summed E-state index contributed by atoms with van der Waals surface area (Å²) in [5.74, 6) is -1.36. The van der Waals surface area contributed by atoms with Gasteiger partial charge in [-0.15, -0.1) is 0 Å². The van der Waals surface area contributed by atoms with Crippen LogP contribution in [0.3, 0.4) is 0 Å². The number of hydrogen-bond acceptors (Lipinski definition) is 3. The summed E-state index contributed by atoms with van der Waals surface area (Å²) in [5.41, 5.74) is -0.829. The Morgan fingerprint density at radius 3 is 2.55 bits per heavy atom. The lowest BCUT2D eigenvalue weighted by molar-refractivity contribution is -0.138. The molecule has 1 aromatic rings. The number of carbonyl (C=O) groups excluding carboxylic acids is 1. The SMILES string of the molecule is NS(=O)(=O)CC1CC(=O)N(c2cccc(C(F)(F)F)c2Br)C1. The summed E-state index contributed by atoms with van der Waals surface area (Å²) in [6, 6.07) is 3.47. The summed E-state index contributed by atoms with van der Waals surface area (Å²) in [4.78, 5) is 13.1. The number of alkyl halides is 3. The molecule has 2 N–H and O–H groups in total. The summed E-state index contributed by atoms with van der Waals surface area (Å²) >= 11 is 2.88. The van der Waals surface area contributed by atoms with Gasteiger partial charge in [0.25, 0.3) is 0 Å². The molecule has 1 aliphatic heterocycles. The monoisotopic (exact) mass is 400 g/mol. The number of primary sulfonamides is 1. The molecule has 1 fully saturated rings. The Morgan fingerprint density at radius 1 is 1.36 bits per heavy atom. The number of nitrogens with zero attached hydrogens (tertiary/aromatic N) is 1. The number of benzene rings is 1. The Morgan fingerprint density at radius 2 is 2.00 bits per heavy atom. The molecule has 0 aromatic heterocycles. The van der Waals surface area contributed by atoms with Crippen LogP contribution in [0.25, 0.3) is 0 Å². The molecule has 5 nitrogen and oxygen atoms in total. The molecule has 1 unspecified atom stereocenters. The van der Waals surface area contributed by atoms with Crippen LogP contribution in [-0.4, -0.2) is 26.6 Å². The van der Waals surface area contributed by atoms with Crippen LogP contribution >= 0.6 is 15.9 Å². The number of hydrogen-bond donors (Lipinski definition) is 1. The van der Waals surface area contributed by atoms with Gasteiger partial charge in [-0.1, -0.05) is 6.07 Å². The van der Waals surface area contributed by atoms with Crippen LogP contribution in [-0.2, 0) is 21.0 Å². The van der Waals surface area contributed by atoms with E-state index >= 15 is 0 Å². The molecule has 0 bridgehead atoms. The third-order valence-corrected chi connectivity index (χ3v) is 5.02. The standard InChI is InChI=1S/C12H12BrF3N2O3S/c13-11-8(12(14,15)16)2-1-3-9(11)18-5-7(4-10(18)19)6-22(17,20)21/h1-3,7H,4-6H2,(H2,17,20,21). The topological polar surface area (TPSA) is 80.5 Å². The normalized spacial score (nSPS) is 19.8. The zero-order valence-corrected chi connectivity index (χ0v) is 13.5. The van der Waals surface area contributed by atoms with Gasteiger partial charge in [-0.2, -0.15) is 13.2 Å². The maximum absolute atomic E-state index is 12.9. The maximum Gasteiger partial charge on any atom is 0.417 e. The lowest BCUT2D eigenvalue weighted by atomic mass is 10.1. The largest absolute Gasteiger partial charge is 0.417 e. The summed E-state index contributed by atoms with van der Waals surface area (Å²) in [7, 11) is -3.75. The molecule has 122 valence electrons. The molecule has 22 heavy (non-hydrogen) atoms. The van der Waals surface area contributed by atoms with E-state index in [1.807, 2.05) is 0 Å². The van der Waals surface area contributed by atoms with Crippen LogP contribution in [0.15, 0.2) is 22.7 Å². The summed E-state index contributed by atoms with van der Waals surface area (Å²) in [5, 5.41) is 4.94. The first-order valence-corrected chi connectivity index (χ1v) is 8.66. The number of anilines is 1. The second kappa shape index (κ2) is 5.82. The van der Waals surface area contributed by atoms with E-state index in [0.717, 1.165) is 11.0 Å². The molecule has 0 saturated carbocycles. The van der Waals surface area contributed by atoms with Gasteiger partial charge in [0.2, 0.25) is 15.9 Å². The fourth-order valence-corrected chi connectivity index (χ4v) is 3.99. The van der Waals surface area contributed by atoms with E-state index in [-0.39, 0.29) is 28.9 Å². The van der Waals surface area contributed by atoms with Crippen LogP contribution in [0.1, 0.15) is 12.0 Å². The highest BCUT2D eigenvalue weighted by Gasteiger charge is 2.37. The van der Waals surface area contributed by atoms with Crippen molar-refractivity contribution >= 4 is 37.5 Å². The Kier molecular flexibility index (Phi) is 4.56. The van der Waals surface area contributed by atoms with Gasteiger partial charge in [0.1, 0.15) is 0 Å². The number of rotatable bonds is 3. The number of amides is 1. The Balaban J connectivity index is 2.32. The van der Waals surface area contributed by atoms with E-state index in [9.17, 15) is 26.4 Å². The molecule has 1 aliphatic rings. The predicted octanol–water partition coefficient (Wildman–Crippen LogP) is 2.11. The van der Waals surface area contributed by atoms with E-state index < -0.39 is 33.6 Å². The van der Waals surface area contributed by atoms with Crippen LogP contribution in [0.4, 0.5) is 18.9 Å². The van der Waals surface area contributed by atoms with Gasteiger partial charge in [0.15, 0.2) is 0 Å². The molecule has 0 radical (unpaired) electrons. The fraction of sp³-hybridized carbons (Fsp3) is 0.417. The van der Waals surface area contributed by atoms with E-state index in [1.165, 1.54) is 12.1 Å². The van der Waals surface area contributed by atoms with Gasteiger partial charge in [-0.25, -0.2) is 13.6 Å². The van der Waals surface area contributed by atoms with Crippen LogP contribution < -0.4 is 10.0 Å². The molecule has 1 heterocycles. The van der Waals surface area contributed by atoms with Crippen molar-refractivity contribution in [3.8, 4) is 0 Å². The van der Waals surface area contributed by atoms with Crippen molar-refractivity contribution in [2.75, 3.05) is 17.2 Å². The molecule has 1 aromatic carbocycles. The lowest BCUT2D eigenvalue weighted by Gasteiger charge is -2.20. The molecule has 1 atom stereocenters. The Labute approximate surface area is 133 Å². The Hall–Kier alpha value is -1.13. The smallest absolute Gasteiger partial charge is 0.311 e.